The number of carboxylic acid groups (broad SMARTS) is 1. The summed E-state index contributed by atoms with van der Waals surface area (Å²) in [6.07, 6.45) is 7.71. The fourth-order valence-electron chi connectivity index (χ4n) is 3.59. The van der Waals surface area contributed by atoms with Gasteiger partial charge in [0.1, 0.15) is 0 Å². The molecule has 1 aliphatic carbocycles. The number of anilines is 1. The number of nitrogens with zero attached hydrogens (tertiary/aromatic N) is 1. The number of aliphatic carboxylic acids is 1. The minimum absolute atomic E-state index is 0.0194. The highest BCUT2D eigenvalue weighted by Crippen LogP contribution is 2.27. The van der Waals surface area contributed by atoms with Crippen molar-refractivity contribution in [2.45, 2.75) is 32.1 Å². The zero-order valence-corrected chi connectivity index (χ0v) is 14.7. The van der Waals surface area contributed by atoms with E-state index in [-0.39, 0.29) is 11.8 Å². The molecule has 2 aliphatic rings. The lowest BCUT2D eigenvalue weighted by molar-refractivity contribution is -0.146. The molecule has 0 spiro atoms. The highest BCUT2D eigenvalue weighted by molar-refractivity contribution is 5.97. The van der Waals surface area contributed by atoms with Gasteiger partial charge in [-0.05, 0) is 56.4 Å². The third-order valence-corrected chi connectivity index (χ3v) is 5.13. The number of piperidine rings is 1. The highest BCUT2D eigenvalue weighted by atomic mass is 16.4. The standard InChI is InChI=1S/C20H24N2O4/c23-18(16-6-2-3-7-17(16)20(25)26)21-15-10-8-14(9-11-15)19(24)22-12-4-1-5-13-22/h2-3,8-11,16-17H,1,4-7,12-13H2,(H,21,23)(H,25,26). The normalized spacial score (nSPS) is 22.7. The molecule has 1 aromatic rings. The molecule has 2 N–H and O–H groups in total. The molecule has 1 aromatic carbocycles. The molecule has 0 bridgehead atoms. The highest BCUT2D eigenvalue weighted by Gasteiger charge is 2.33. The molecule has 0 aromatic heterocycles. The van der Waals surface area contributed by atoms with Gasteiger partial charge in [-0.1, -0.05) is 12.2 Å². The molecule has 1 fully saturated rings. The maximum Gasteiger partial charge on any atom is 0.307 e. The van der Waals surface area contributed by atoms with Crippen molar-refractivity contribution in [3.63, 3.8) is 0 Å². The van der Waals surface area contributed by atoms with E-state index in [9.17, 15) is 19.5 Å². The van der Waals surface area contributed by atoms with E-state index < -0.39 is 17.8 Å². The summed E-state index contributed by atoms with van der Waals surface area (Å²) in [4.78, 5) is 38.1. The number of amides is 2. The van der Waals surface area contributed by atoms with Crippen LogP contribution in [0.5, 0.6) is 0 Å². The number of hydrogen-bond donors (Lipinski definition) is 2. The molecule has 6 nitrogen and oxygen atoms in total. The molecule has 1 heterocycles. The quantitative estimate of drug-likeness (QED) is 0.812. The van der Waals surface area contributed by atoms with E-state index in [0.29, 0.717) is 24.1 Å². The number of carbonyl (C=O) groups excluding carboxylic acids is 2. The molecule has 138 valence electrons. The van der Waals surface area contributed by atoms with Crippen LogP contribution in [0.2, 0.25) is 0 Å². The fourth-order valence-corrected chi connectivity index (χ4v) is 3.59. The van der Waals surface area contributed by atoms with Gasteiger partial charge in [0, 0.05) is 24.3 Å². The Kier molecular flexibility index (Phi) is 5.71. The monoisotopic (exact) mass is 356 g/mol. The van der Waals surface area contributed by atoms with Crippen molar-refractivity contribution < 1.29 is 19.5 Å². The van der Waals surface area contributed by atoms with Crippen LogP contribution in [0.4, 0.5) is 5.69 Å². The first kappa shape index (κ1) is 18.2. The van der Waals surface area contributed by atoms with Crippen molar-refractivity contribution >= 4 is 23.5 Å². The van der Waals surface area contributed by atoms with E-state index in [1.807, 2.05) is 17.1 Å². The second-order valence-electron chi connectivity index (χ2n) is 6.91. The van der Waals surface area contributed by atoms with Crippen LogP contribution in [0.1, 0.15) is 42.5 Å². The van der Waals surface area contributed by atoms with Crippen LogP contribution < -0.4 is 5.32 Å². The number of benzene rings is 1. The molecule has 2 unspecified atom stereocenters. The lowest BCUT2D eigenvalue weighted by Gasteiger charge is -2.27. The summed E-state index contributed by atoms with van der Waals surface area (Å²) in [5.74, 6) is -2.49. The van der Waals surface area contributed by atoms with Gasteiger partial charge in [-0.25, -0.2) is 0 Å². The zero-order chi connectivity index (χ0) is 18.5. The number of hydrogen-bond acceptors (Lipinski definition) is 3. The summed E-state index contributed by atoms with van der Waals surface area (Å²) >= 11 is 0. The minimum Gasteiger partial charge on any atom is -0.481 e. The number of carbonyl (C=O) groups is 3. The third kappa shape index (κ3) is 4.12. The van der Waals surface area contributed by atoms with Crippen LogP contribution in [0.15, 0.2) is 36.4 Å². The summed E-state index contributed by atoms with van der Waals surface area (Å²) < 4.78 is 0. The van der Waals surface area contributed by atoms with E-state index in [2.05, 4.69) is 5.32 Å². The average Bonchev–Trinajstić information content (AvgIpc) is 2.68. The Morgan fingerprint density at radius 2 is 1.54 bits per heavy atom. The smallest absolute Gasteiger partial charge is 0.307 e. The summed E-state index contributed by atoms with van der Waals surface area (Å²) in [6.45, 7) is 1.59. The van der Waals surface area contributed by atoms with Crippen LogP contribution in [0.3, 0.4) is 0 Å². The largest absolute Gasteiger partial charge is 0.481 e. The van der Waals surface area contributed by atoms with Crippen molar-refractivity contribution in [3.05, 3.63) is 42.0 Å². The van der Waals surface area contributed by atoms with Crippen LogP contribution >= 0.6 is 0 Å². The van der Waals surface area contributed by atoms with Gasteiger partial charge >= 0.3 is 5.97 Å². The predicted octanol–water partition coefficient (Wildman–Crippen LogP) is 2.92. The Hall–Kier alpha value is -2.63. The van der Waals surface area contributed by atoms with Crippen LogP contribution in [-0.2, 0) is 9.59 Å². The number of rotatable bonds is 4. The summed E-state index contributed by atoms with van der Waals surface area (Å²) in [5.41, 5.74) is 1.18. The maximum absolute atomic E-state index is 12.5. The first-order valence-corrected chi connectivity index (χ1v) is 9.14. The van der Waals surface area contributed by atoms with E-state index >= 15 is 0 Å². The van der Waals surface area contributed by atoms with E-state index in [1.54, 1.807) is 24.3 Å². The third-order valence-electron chi connectivity index (χ3n) is 5.13. The van der Waals surface area contributed by atoms with Gasteiger partial charge in [-0.15, -0.1) is 0 Å². The molecule has 1 aliphatic heterocycles. The van der Waals surface area contributed by atoms with Gasteiger partial charge in [0.05, 0.1) is 11.8 Å². The molecule has 0 saturated carbocycles. The van der Waals surface area contributed by atoms with Crippen molar-refractivity contribution in [3.8, 4) is 0 Å². The van der Waals surface area contributed by atoms with E-state index in [0.717, 1.165) is 25.9 Å². The lowest BCUT2D eigenvalue weighted by atomic mass is 9.82. The van der Waals surface area contributed by atoms with Crippen LogP contribution in [-0.4, -0.2) is 40.9 Å². The molecule has 2 atom stereocenters. The molecular formula is C20H24N2O4. The van der Waals surface area contributed by atoms with Gasteiger partial charge in [-0.2, -0.15) is 0 Å². The van der Waals surface area contributed by atoms with Crippen molar-refractivity contribution in [1.29, 1.82) is 0 Å². The van der Waals surface area contributed by atoms with E-state index in [1.165, 1.54) is 6.42 Å². The van der Waals surface area contributed by atoms with Crippen LogP contribution in [0, 0.1) is 11.8 Å². The topological polar surface area (TPSA) is 86.7 Å². The van der Waals surface area contributed by atoms with Crippen molar-refractivity contribution in [1.82, 2.24) is 4.90 Å². The number of carboxylic acids is 1. The minimum atomic E-state index is -0.947. The Morgan fingerprint density at radius 3 is 2.15 bits per heavy atom. The average molecular weight is 356 g/mol. The van der Waals surface area contributed by atoms with Gasteiger partial charge in [0.2, 0.25) is 5.91 Å². The van der Waals surface area contributed by atoms with Crippen molar-refractivity contribution in [2.75, 3.05) is 18.4 Å². The summed E-state index contributed by atoms with van der Waals surface area (Å²) in [7, 11) is 0. The fraction of sp³-hybridized carbons (Fsp3) is 0.450. The molecule has 26 heavy (non-hydrogen) atoms. The number of allylic oxidation sites excluding steroid dienone is 2. The SMILES string of the molecule is O=C(O)C1CC=CCC1C(=O)Nc1ccc(C(=O)N2CCCCC2)cc1. The van der Waals surface area contributed by atoms with Gasteiger partial charge in [0.15, 0.2) is 0 Å². The second kappa shape index (κ2) is 8.17. The van der Waals surface area contributed by atoms with E-state index in [4.69, 9.17) is 0 Å². The Morgan fingerprint density at radius 1 is 0.923 bits per heavy atom. The predicted molar refractivity (Wildman–Crippen MR) is 97.8 cm³/mol. The molecule has 0 radical (unpaired) electrons. The molecule has 6 heteroatoms. The van der Waals surface area contributed by atoms with Crippen molar-refractivity contribution in [2.24, 2.45) is 11.8 Å². The Balaban J connectivity index is 1.63. The summed E-state index contributed by atoms with van der Waals surface area (Å²) in [5, 5.41) is 12.1. The summed E-state index contributed by atoms with van der Waals surface area (Å²) in [6, 6.07) is 6.82. The number of nitrogens with one attached hydrogen (secondary N) is 1. The first-order valence-electron chi connectivity index (χ1n) is 9.14. The molecule has 3 rings (SSSR count). The molecule has 2 amide bonds. The zero-order valence-electron chi connectivity index (χ0n) is 14.7. The number of likely N-dealkylation sites (tertiary alicyclic amines) is 1. The first-order chi connectivity index (χ1) is 12.6. The second-order valence-corrected chi connectivity index (χ2v) is 6.91. The van der Waals surface area contributed by atoms with Gasteiger partial charge in [0.25, 0.3) is 5.91 Å². The Bertz CT molecular complexity index is 705. The lowest BCUT2D eigenvalue weighted by Crippen LogP contribution is -2.35. The molecule has 1 saturated heterocycles. The Labute approximate surface area is 152 Å². The maximum atomic E-state index is 12.5. The van der Waals surface area contributed by atoms with Gasteiger partial charge < -0.3 is 15.3 Å². The van der Waals surface area contributed by atoms with Gasteiger partial charge in [-0.3, -0.25) is 14.4 Å². The molecular weight excluding hydrogens is 332 g/mol. The van der Waals surface area contributed by atoms with Crippen LogP contribution in [0.25, 0.3) is 0 Å².